The number of aliphatic hydroxyl groups is 15. The van der Waals surface area contributed by atoms with Gasteiger partial charge >= 0.3 is 5.97 Å². The SMILES string of the molecule is CC(=O)N[C@H]1[C@H]([C@H](O)[C@H](O)CO)OC(O[C@H]2[C@@H](O)[C@@H](CO)OC(O[C@H]3[C@H](O)[C@@H](NC(C)=O)C(OC[C@H]4OC(O)[C@H](NC(C)=O)[C@@H](OC5O[C@H](CO)[C@H](O)[C@H](O)[C@H]5O)[C@H]4O)O[C@@H]3CO)[C@@H]2O)(C(=O)O)C[C@@H]1O. The molecule has 32 nitrogen and oxygen atoms in total. The molecule has 71 heavy (non-hydrogen) atoms. The third-order valence-corrected chi connectivity index (χ3v) is 12.5. The Morgan fingerprint density at radius 3 is 1.63 bits per heavy atom. The first kappa shape index (κ1) is 58.8. The molecule has 3 amide bonds. The quantitative estimate of drug-likeness (QED) is 0.0571. The molecule has 0 aromatic heterocycles. The van der Waals surface area contributed by atoms with Crippen LogP contribution in [-0.2, 0) is 61.8 Å². The Kier molecular flexibility index (Phi) is 20.7. The number of carboxylic acids is 1. The molecule has 5 aliphatic heterocycles. The van der Waals surface area contributed by atoms with Gasteiger partial charge in [-0.2, -0.15) is 0 Å². The fraction of sp³-hybridized carbons (Fsp3) is 0.897. The number of rotatable bonds is 19. The van der Waals surface area contributed by atoms with E-state index in [1.807, 2.05) is 0 Å². The van der Waals surface area contributed by atoms with Crippen LogP contribution in [0.2, 0.25) is 0 Å². The second-order valence-corrected chi connectivity index (χ2v) is 17.6. The Morgan fingerprint density at radius 1 is 0.577 bits per heavy atom. The predicted octanol–water partition coefficient (Wildman–Crippen LogP) is -12.3. The summed E-state index contributed by atoms with van der Waals surface area (Å²) in [5, 5.41) is 177. The lowest BCUT2D eigenvalue weighted by atomic mass is 9.88. The van der Waals surface area contributed by atoms with Gasteiger partial charge < -0.3 is 140 Å². The van der Waals surface area contributed by atoms with Crippen LogP contribution in [0.15, 0.2) is 0 Å². The molecule has 26 atom stereocenters. The van der Waals surface area contributed by atoms with Gasteiger partial charge in [0.05, 0.1) is 45.2 Å². The molecule has 0 saturated carbocycles. The fourth-order valence-corrected chi connectivity index (χ4v) is 8.84. The molecule has 5 aliphatic rings. The summed E-state index contributed by atoms with van der Waals surface area (Å²) in [6.45, 7) is -1.90. The zero-order valence-electron chi connectivity index (χ0n) is 38.1. The summed E-state index contributed by atoms with van der Waals surface area (Å²) in [4.78, 5) is 49.5. The highest BCUT2D eigenvalue weighted by Gasteiger charge is 2.61. The monoisotopic (exact) mass is 1040 g/mol. The first-order valence-electron chi connectivity index (χ1n) is 22.2. The first-order valence-corrected chi connectivity index (χ1v) is 22.2. The highest BCUT2D eigenvalue weighted by atomic mass is 16.8. The van der Waals surface area contributed by atoms with E-state index < -0.39 is 222 Å². The minimum absolute atomic E-state index is 0.764. The zero-order valence-corrected chi connectivity index (χ0v) is 38.1. The summed E-state index contributed by atoms with van der Waals surface area (Å²) >= 11 is 0. The largest absolute Gasteiger partial charge is 0.477 e. The lowest BCUT2D eigenvalue weighted by Crippen LogP contribution is -2.71. The third kappa shape index (κ3) is 13.1. The predicted molar refractivity (Wildman–Crippen MR) is 219 cm³/mol. The standard InChI is InChI=1S/C39H65N3O29/c1-10(47)40-19-13(50)4-39(38(61)62,70-32(19)22(52)14(51)5-43)71-33-24(54)16(7-45)66-37(29(33)59)68-30-17(8-46)67-35(20(26(30)56)41-11(2)48)63-9-18-25(55)31(21(34(60)64-18)42-12(3)49)69-36-28(58)27(57)23(53)15(6-44)65-36/h13-37,43-46,50-60H,4-9H2,1-3H3,(H,40,47)(H,41,48)(H,42,49)(H,61,62)/t13-,14+,15+,16+,17+,18+,19+,20+,21+,22+,23-,24-,25-,26+,27-,28+,29+,30+,31+,32+,33-,34?,35?,36?,37?,39?/m0/s1. The molecule has 5 saturated heterocycles. The summed E-state index contributed by atoms with van der Waals surface area (Å²) in [6, 6.07) is -4.96. The van der Waals surface area contributed by atoms with Gasteiger partial charge in [0.1, 0.15) is 116 Å². The van der Waals surface area contributed by atoms with Crippen molar-refractivity contribution < 1.29 is 144 Å². The van der Waals surface area contributed by atoms with Crippen LogP contribution in [0.25, 0.3) is 0 Å². The summed E-state index contributed by atoms with van der Waals surface area (Å²) in [6.07, 6.45) is -44.1. The number of aliphatic hydroxyl groups excluding tert-OH is 15. The summed E-state index contributed by atoms with van der Waals surface area (Å²) in [5.41, 5.74) is 0. The molecule has 0 aliphatic carbocycles. The molecule has 19 N–H and O–H groups in total. The van der Waals surface area contributed by atoms with Crippen molar-refractivity contribution in [1.29, 1.82) is 0 Å². The number of carboxylic acid groups (broad SMARTS) is 1. The van der Waals surface area contributed by atoms with Crippen molar-refractivity contribution >= 4 is 23.7 Å². The van der Waals surface area contributed by atoms with E-state index in [4.69, 9.17) is 42.6 Å². The van der Waals surface area contributed by atoms with Crippen LogP contribution in [0.3, 0.4) is 0 Å². The lowest BCUT2D eigenvalue weighted by Gasteiger charge is -2.51. The van der Waals surface area contributed by atoms with Crippen molar-refractivity contribution in [2.24, 2.45) is 0 Å². The van der Waals surface area contributed by atoms with E-state index in [2.05, 4.69) is 16.0 Å². The van der Waals surface area contributed by atoms with Gasteiger partial charge in [-0.15, -0.1) is 0 Å². The molecule has 0 bridgehead atoms. The van der Waals surface area contributed by atoms with E-state index in [1.54, 1.807) is 0 Å². The number of carbonyl (C=O) groups is 4. The molecule has 5 unspecified atom stereocenters. The van der Waals surface area contributed by atoms with Crippen LogP contribution in [0.5, 0.6) is 0 Å². The van der Waals surface area contributed by atoms with Crippen molar-refractivity contribution in [3.63, 3.8) is 0 Å². The first-order chi connectivity index (χ1) is 33.3. The van der Waals surface area contributed by atoms with Crippen LogP contribution in [0, 0.1) is 0 Å². The Balaban J connectivity index is 1.36. The van der Waals surface area contributed by atoms with Crippen LogP contribution in [-0.4, -0.2) is 297 Å². The van der Waals surface area contributed by atoms with Gasteiger partial charge in [0, 0.05) is 27.2 Å². The summed E-state index contributed by atoms with van der Waals surface area (Å²) < 4.78 is 50.9. The fourth-order valence-electron chi connectivity index (χ4n) is 8.84. The van der Waals surface area contributed by atoms with Crippen molar-refractivity contribution in [2.45, 2.75) is 186 Å². The van der Waals surface area contributed by atoms with E-state index in [1.165, 1.54) is 0 Å². The van der Waals surface area contributed by atoms with Crippen LogP contribution < -0.4 is 16.0 Å². The molecule has 5 rings (SSSR count). The number of ether oxygens (including phenoxy) is 9. The minimum Gasteiger partial charge on any atom is -0.477 e. The molecule has 0 spiro atoms. The molecular weight excluding hydrogens is 974 g/mol. The van der Waals surface area contributed by atoms with Crippen LogP contribution in [0.1, 0.15) is 27.2 Å². The normalized spacial score (nSPS) is 45.0. The van der Waals surface area contributed by atoms with Gasteiger partial charge in [-0.25, -0.2) is 4.79 Å². The number of hydrogen-bond donors (Lipinski definition) is 19. The molecular formula is C39H65N3O29. The Labute approximate surface area is 402 Å². The average molecular weight is 1040 g/mol. The van der Waals surface area contributed by atoms with Crippen molar-refractivity contribution in [2.75, 3.05) is 33.0 Å². The molecule has 0 aromatic carbocycles. The van der Waals surface area contributed by atoms with E-state index in [-0.39, 0.29) is 0 Å². The molecule has 5 heterocycles. The highest BCUT2D eigenvalue weighted by Crippen LogP contribution is 2.39. The van der Waals surface area contributed by atoms with Crippen LogP contribution in [0.4, 0.5) is 0 Å². The maximum Gasteiger partial charge on any atom is 0.364 e. The van der Waals surface area contributed by atoms with Gasteiger partial charge in [0.25, 0.3) is 5.79 Å². The van der Waals surface area contributed by atoms with Gasteiger partial charge in [-0.05, 0) is 0 Å². The summed E-state index contributed by atoms with van der Waals surface area (Å²) in [5.74, 6) is -7.62. The lowest BCUT2D eigenvalue weighted by molar-refractivity contribution is -0.383. The number of hydrogen-bond acceptors (Lipinski definition) is 28. The second-order valence-electron chi connectivity index (χ2n) is 17.6. The maximum absolute atomic E-state index is 12.9. The van der Waals surface area contributed by atoms with Crippen molar-refractivity contribution in [3.8, 4) is 0 Å². The highest BCUT2D eigenvalue weighted by molar-refractivity contribution is 5.77. The van der Waals surface area contributed by atoms with Crippen LogP contribution >= 0.6 is 0 Å². The number of aliphatic carboxylic acids is 1. The average Bonchev–Trinajstić information content (AvgIpc) is 3.31. The van der Waals surface area contributed by atoms with Gasteiger partial charge in [-0.3, -0.25) is 14.4 Å². The van der Waals surface area contributed by atoms with E-state index in [0.29, 0.717) is 0 Å². The van der Waals surface area contributed by atoms with Gasteiger partial charge in [0.2, 0.25) is 17.7 Å². The summed E-state index contributed by atoms with van der Waals surface area (Å²) in [7, 11) is 0. The number of carbonyl (C=O) groups excluding carboxylic acids is 3. The van der Waals surface area contributed by atoms with E-state index in [9.17, 15) is 101 Å². The van der Waals surface area contributed by atoms with Crippen molar-refractivity contribution in [1.82, 2.24) is 16.0 Å². The Bertz CT molecular complexity index is 1770. The van der Waals surface area contributed by atoms with E-state index >= 15 is 0 Å². The third-order valence-electron chi connectivity index (χ3n) is 12.5. The maximum atomic E-state index is 12.9. The van der Waals surface area contributed by atoms with Gasteiger partial charge in [-0.1, -0.05) is 0 Å². The molecule has 410 valence electrons. The minimum atomic E-state index is -3.16. The zero-order chi connectivity index (χ0) is 53.0. The van der Waals surface area contributed by atoms with Gasteiger partial charge in [0.15, 0.2) is 25.2 Å². The molecule has 32 heteroatoms. The molecule has 5 fully saturated rings. The molecule has 0 radical (unpaired) electrons. The molecule has 0 aromatic rings. The topological polar surface area (TPSA) is 511 Å². The Hall–Kier alpha value is -3.08. The van der Waals surface area contributed by atoms with Crippen molar-refractivity contribution in [3.05, 3.63) is 0 Å². The number of amides is 3. The number of nitrogens with one attached hydrogen (secondary N) is 3. The second kappa shape index (κ2) is 25.0. The Morgan fingerprint density at radius 2 is 1.08 bits per heavy atom. The van der Waals surface area contributed by atoms with E-state index in [0.717, 1.165) is 20.8 Å². The smallest absolute Gasteiger partial charge is 0.364 e.